The molecule has 2 nitrogen and oxygen atoms in total. The van der Waals surface area contributed by atoms with E-state index in [2.05, 4.69) is 32.3 Å². The van der Waals surface area contributed by atoms with E-state index in [9.17, 15) is 0 Å². The van der Waals surface area contributed by atoms with Gasteiger partial charge in [0, 0.05) is 6.54 Å². The zero-order valence-corrected chi connectivity index (χ0v) is 7.68. The number of hydrogen-bond acceptors (Lipinski definition) is 2. The molecule has 1 saturated heterocycles. The van der Waals surface area contributed by atoms with Crippen molar-refractivity contribution in [2.24, 2.45) is 0 Å². The second kappa shape index (κ2) is 2.86. The molecule has 0 aliphatic carbocycles. The second-order valence-electron chi connectivity index (χ2n) is 3.41. The molecule has 0 N–H and O–H groups in total. The molecule has 1 heterocycles. The van der Waals surface area contributed by atoms with E-state index in [0.717, 1.165) is 25.5 Å². The lowest BCUT2D eigenvalue weighted by atomic mass is 9.99. The molecular formula is C9H17NO. The molecule has 0 aromatic carbocycles. The molecule has 1 rings (SSSR count). The summed E-state index contributed by atoms with van der Waals surface area (Å²) in [5.74, 6) is 0.894. The Hall–Kier alpha value is -0.500. The van der Waals surface area contributed by atoms with Gasteiger partial charge in [0.15, 0.2) is 0 Å². The van der Waals surface area contributed by atoms with E-state index in [1.807, 2.05) is 0 Å². The fourth-order valence-electron chi connectivity index (χ4n) is 1.46. The van der Waals surface area contributed by atoms with Gasteiger partial charge in [-0.2, -0.15) is 0 Å². The van der Waals surface area contributed by atoms with E-state index in [0.29, 0.717) is 0 Å². The SMILES string of the molecule is C=C1OCCN(CC)C1(C)C. The number of likely N-dealkylation sites (N-methyl/N-ethyl adjacent to an activating group) is 1. The maximum Gasteiger partial charge on any atom is 0.109 e. The van der Waals surface area contributed by atoms with Gasteiger partial charge in [-0.25, -0.2) is 0 Å². The van der Waals surface area contributed by atoms with Crippen molar-refractivity contribution in [2.75, 3.05) is 19.7 Å². The number of rotatable bonds is 1. The molecule has 0 unspecified atom stereocenters. The minimum absolute atomic E-state index is 0.0208. The Bertz CT molecular complexity index is 163. The van der Waals surface area contributed by atoms with Crippen LogP contribution in [-0.2, 0) is 4.74 Å². The van der Waals surface area contributed by atoms with Crippen LogP contribution in [0.2, 0.25) is 0 Å². The molecule has 1 aliphatic rings. The quantitative estimate of drug-likeness (QED) is 0.570. The molecule has 0 spiro atoms. The largest absolute Gasteiger partial charge is 0.495 e. The first-order chi connectivity index (χ1) is 5.09. The summed E-state index contributed by atoms with van der Waals surface area (Å²) in [5.41, 5.74) is 0.0208. The molecule has 1 aliphatic heterocycles. The zero-order valence-electron chi connectivity index (χ0n) is 7.68. The average molecular weight is 155 g/mol. The highest BCUT2D eigenvalue weighted by Crippen LogP contribution is 2.26. The summed E-state index contributed by atoms with van der Waals surface area (Å²) in [4.78, 5) is 2.37. The summed E-state index contributed by atoms with van der Waals surface area (Å²) in [7, 11) is 0. The minimum atomic E-state index is 0.0208. The van der Waals surface area contributed by atoms with Crippen LogP contribution in [0.4, 0.5) is 0 Å². The zero-order chi connectivity index (χ0) is 8.48. The molecule has 0 saturated carbocycles. The lowest BCUT2D eigenvalue weighted by Gasteiger charge is -2.42. The third kappa shape index (κ3) is 1.41. The number of hydrogen-bond donors (Lipinski definition) is 0. The topological polar surface area (TPSA) is 12.5 Å². The Morgan fingerprint density at radius 2 is 2.27 bits per heavy atom. The summed E-state index contributed by atoms with van der Waals surface area (Å²) in [6.07, 6.45) is 0. The van der Waals surface area contributed by atoms with Gasteiger partial charge in [0.1, 0.15) is 12.4 Å². The van der Waals surface area contributed by atoms with E-state index in [1.54, 1.807) is 0 Å². The van der Waals surface area contributed by atoms with Crippen LogP contribution < -0.4 is 0 Å². The maximum atomic E-state index is 5.39. The van der Waals surface area contributed by atoms with E-state index in [1.165, 1.54) is 0 Å². The van der Waals surface area contributed by atoms with Crippen LogP contribution in [0, 0.1) is 0 Å². The molecule has 11 heavy (non-hydrogen) atoms. The van der Waals surface area contributed by atoms with Gasteiger partial charge in [-0.3, -0.25) is 4.90 Å². The third-order valence-electron chi connectivity index (χ3n) is 2.49. The Balaban J connectivity index is 2.72. The molecule has 0 aromatic heterocycles. The summed E-state index contributed by atoms with van der Waals surface area (Å²) in [6, 6.07) is 0. The standard InChI is InChI=1S/C9H17NO/c1-5-10-6-7-11-8(2)9(10,3)4/h2,5-7H2,1,3-4H3. The van der Waals surface area contributed by atoms with Gasteiger partial charge < -0.3 is 4.74 Å². The molecular weight excluding hydrogens is 138 g/mol. The van der Waals surface area contributed by atoms with Crippen molar-refractivity contribution in [1.29, 1.82) is 0 Å². The lowest BCUT2D eigenvalue weighted by Crippen LogP contribution is -2.50. The molecule has 0 radical (unpaired) electrons. The van der Waals surface area contributed by atoms with Gasteiger partial charge in [0.25, 0.3) is 0 Å². The van der Waals surface area contributed by atoms with Crippen molar-refractivity contribution in [3.8, 4) is 0 Å². The highest BCUT2D eigenvalue weighted by Gasteiger charge is 2.33. The first kappa shape index (κ1) is 8.60. The number of ether oxygens (including phenoxy) is 1. The maximum absolute atomic E-state index is 5.39. The van der Waals surface area contributed by atoms with Crippen LogP contribution in [0.3, 0.4) is 0 Å². The van der Waals surface area contributed by atoms with Crippen LogP contribution in [0.5, 0.6) is 0 Å². The number of morpholine rings is 1. The molecule has 0 aromatic rings. The Morgan fingerprint density at radius 3 is 2.73 bits per heavy atom. The van der Waals surface area contributed by atoms with Crippen molar-refractivity contribution >= 4 is 0 Å². The Labute approximate surface area is 68.8 Å². The molecule has 0 amide bonds. The smallest absolute Gasteiger partial charge is 0.109 e. The summed E-state index contributed by atoms with van der Waals surface area (Å²) in [5, 5.41) is 0. The molecule has 64 valence electrons. The molecule has 1 fully saturated rings. The average Bonchev–Trinajstić information content (AvgIpc) is 1.95. The van der Waals surface area contributed by atoms with Crippen LogP contribution >= 0.6 is 0 Å². The van der Waals surface area contributed by atoms with E-state index in [-0.39, 0.29) is 5.54 Å². The molecule has 0 bridgehead atoms. The Morgan fingerprint density at radius 1 is 1.64 bits per heavy atom. The normalized spacial score (nSPS) is 24.8. The first-order valence-corrected chi connectivity index (χ1v) is 4.16. The molecule has 0 atom stereocenters. The van der Waals surface area contributed by atoms with Crippen molar-refractivity contribution in [3.05, 3.63) is 12.3 Å². The van der Waals surface area contributed by atoms with Crippen LogP contribution in [0.25, 0.3) is 0 Å². The summed E-state index contributed by atoms with van der Waals surface area (Å²) >= 11 is 0. The third-order valence-corrected chi connectivity index (χ3v) is 2.49. The predicted octanol–water partition coefficient (Wildman–Crippen LogP) is 1.63. The van der Waals surface area contributed by atoms with Gasteiger partial charge in [0.05, 0.1) is 5.54 Å². The molecule has 2 heteroatoms. The van der Waals surface area contributed by atoms with Crippen molar-refractivity contribution in [3.63, 3.8) is 0 Å². The Kier molecular flexibility index (Phi) is 2.23. The second-order valence-corrected chi connectivity index (χ2v) is 3.41. The van der Waals surface area contributed by atoms with Gasteiger partial charge >= 0.3 is 0 Å². The minimum Gasteiger partial charge on any atom is -0.495 e. The lowest BCUT2D eigenvalue weighted by molar-refractivity contribution is 0.00871. The van der Waals surface area contributed by atoms with Crippen molar-refractivity contribution in [1.82, 2.24) is 4.90 Å². The van der Waals surface area contributed by atoms with Crippen molar-refractivity contribution in [2.45, 2.75) is 26.3 Å². The fraction of sp³-hybridized carbons (Fsp3) is 0.778. The van der Waals surface area contributed by atoms with Crippen LogP contribution in [0.1, 0.15) is 20.8 Å². The predicted molar refractivity (Wildman–Crippen MR) is 46.4 cm³/mol. The number of nitrogens with zero attached hydrogens (tertiary/aromatic N) is 1. The monoisotopic (exact) mass is 155 g/mol. The van der Waals surface area contributed by atoms with Gasteiger partial charge in [-0.05, 0) is 20.4 Å². The van der Waals surface area contributed by atoms with E-state index in [4.69, 9.17) is 4.74 Å². The first-order valence-electron chi connectivity index (χ1n) is 4.16. The van der Waals surface area contributed by atoms with E-state index < -0.39 is 0 Å². The summed E-state index contributed by atoms with van der Waals surface area (Å²) in [6.45, 7) is 13.2. The van der Waals surface area contributed by atoms with Crippen LogP contribution in [0.15, 0.2) is 12.3 Å². The van der Waals surface area contributed by atoms with E-state index >= 15 is 0 Å². The van der Waals surface area contributed by atoms with Gasteiger partial charge in [-0.15, -0.1) is 0 Å². The van der Waals surface area contributed by atoms with Gasteiger partial charge in [0.2, 0.25) is 0 Å². The fourth-order valence-corrected chi connectivity index (χ4v) is 1.46. The highest BCUT2D eigenvalue weighted by atomic mass is 16.5. The summed E-state index contributed by atoms with van der Waals surface area (Å²) < 4.78 is 5.39. The highest BCUT2D eigenvalue weighted by molar-refractivity contribution is 5.08. The van der Waals surface area contributed by atoms with Crippen LogP contribution in [-0.4, -0.2) is 30.1 Å². The van der Waals surface area contributed by atoms with Crippen molar-refractivity contribution < 1.29 is 4.74 Å². The van der Waals surface area contributed by atoms with Gasteiger partial charge in [-0.1, -0.05) is 13.5 Å².